The number of ether oxygens (including phenoxy) is 3. The summed E-state index contributed by atoms with van der Waals surface area (Å²) in [5.74, 6) is 2.86. The van der Waals surface area contributed by atoms with E-state index in [1.165, 1.54) is 25.9 Å². The lowest BCUT2D eigenvalue weighted by Crippen LogP contribution is -2.22. The highest BCUT2D eigenvalue weighted by molar-refractivity contribution is 5.90. The fraction of sp³-hybridized carbons (Fsp3) is 0.643. The molecule has 1 unspecified atom stereocenters. The maximum atomic E-state index is 11.4. The Morgan fingerprint density at radius 3 is 2.69 bits per heavy atom. The van der Waals surface area contributed by atoms with Crippen LogP contribution in [0.1, 0.15) is 70.6 Å². The monoisotopic (exact) mass is 483 g/mol. The maximum absolute atomic E-state index is 11.4. The molecular formula is C28H41N3O4. The molecule has 7 nitrogen and oxygen atoms in total. The number of hydrogen-bond donors (Lipinski definition) is 1. The van der Waals surface area contributed by atoms with Crippen molar-refractivity contribution < 1.29 is 19.0 Å². The van der Waals surface area contributed by atoms with Gasteiger partial charge in [-0.15, -0.1) is 0 Å². The fourth-order valence-electron chi connectivity index (χ4n) is 5.44. The van der Waals surface area contributed by atoms with E-state index in [4.69, 9.17) is 19.2 Å². The first kappa shape index (κ1) is 25.5. The van der Waals surface area contributed by atoms with Crippen LogP contribution in [0, 0.1) is 11.3 Å². The lowest BCUT2D eigenvalue weighted by atomic mass is 9.87. The molecule has 192 valence electrons. The van der Waals surface area contributed by atoms with Gasteiger partial charge in [-0.1, -0.05) is 27.7 Å². The van der Waals surface area contributed by atoms with Gasteiger partial charge in [0.05, 0.1) is 19.2 Å². The second-order valence-corrected chi connectivity index (χ2v) is 11.0. The summed E-state index contributed by atoms with van der Waals surface area (Å²) in [6.45, 7) is 14.2. The lowest BCUT2D eigenvalue weighted by molar-refractivity contribution is -0.138. The minimum Gasteiger partial charge on any atom is -0.493 e. The van der Waals surface area contributed by atoms with Crippen molar-refractivity contribution in [1.29, 1.82) is 0 Å². The highest BCUT2D eigenvalue weighted by Crippen LogP contribution is 2.52. The molecule has 35 heavy (non-hydrogen) atoms. The third-order valence-corrected chi connectivity index (χ3v) is 7.30. The molecule has 1 aliphatic heterocycles. The normalized spacial score (nSPS) is 19.2. The van der Waals surface area contributed by atoms with Gasteiger partial charge in [-0.05, 0) is 57.2 Å². The number of benzene rings is 1. The summed E-state index contributed by atoms with van der Waals surface area (Å²) in [5, 5.41) is 4.52. The number of rotatable bonds is 12. The van der Waals surface area contributed by atoms with Crippen LogP contribution in [0.4, 0.5) is 5.82 Å². The van der Waals surface area contributed by atoms with Gasteiger partial charge in [0.25, 0.3) is 6.47 Å². The number of nitrogens with one attached hydrogen (secondary N) is 1. The summed E-state index contributed by atoms with van der Waals surface area (Å²) in [7, 11) is 1.66. The van der Waals surface area contributed by atoms with Crippen molar-refractivity contribution in [3.63, 3.8) is 0 Å². The van der Waals surface area contributed by atoms with E-state index in [0.717, 1.165) is 60.2 Å². The Balaban J connectivity index is 1.67. The topological polar surface area (TPSA) is 72.9 Å². The molecule has 0 radical (unpaired) electrons. The number of aromatic nitrogens is 1. The minimum absolute atomic E-state index is 0.230. The Kier molecular flexibility index (Phi) is 8.05. The van der Waals surface area contributed by atoms with Crippen LogP contribution in [0.15, 0.2) is 12.1 Å². The van der Waals surface area contributed by atoms with Gasteiger partial charge in [0.2, 0.25) is 0 Å². The molecule has 1 saturated heterocycles. The standard InChI is InChI=1S/C28H41N3O4/c1-19(2)9-10-29-27-21-17-28(3,4)26(35-18-32)25(21)20-15-23(33-5)24(16-22(20)30-27)34-14-8-13-31-11-6-7-12-31/h15-16,18-19,26H,6-14,17H2,1-5H3,(H,29,30). The number of carbonyl (C=O) groups is 1. The van der Waals surface area contributed by atoms with Gasteiger partial charge < -0.3 is 24.4 Å². The lowest BCUT2D eigenvalue weighted by Gasteiger charge is -2.26. The van der Waals surface area contributed by atoms with Crippen molar-refractivity contribution in [1.82, 2.24) is 9.88 Å². The van der Waals surface area contributed by atoms with Crippen molar-refractivity contribution in [3.05, 3.63) is 23.3 Å². The van der Waals surface area contributed by atoms with Crippen molar-refractivity contribution in [3.8, 4) is 11.5 Å². The molecule has 0 bridgehead atoms. The number of nitrogens with zero attached hydrogens (tertiary/aromatic N) is 2. The Hall–Kier alpha value is -2.54. The molecule has 1 fully saturated rings. The molecule has 1 aromatic carbocycles. The fourth-order valence-corrected chi connectivity index (χ4v) is 5.44. The zero-order chi connectivity index (χ0) is 25.0. The first-order chi connectivity index (χ1) is 16.8. The van der Waals surface area contributed by atoms with E-state index in [0.29, 0.717) is 30.5 Å². The van der Waals surface area contributed by atoms with Crippen LogP contribution < -0.4 is 14.8 Å². The van der Waals surface area contributed by atoms with E-state index < -0.39 is 0 Å². The summed E-state index contributed by atoms with van der Waals surface area (Å²) in [6, 6.07) is 3.97. The molecule has 4 rings (SSSR count). The molecule has 0 amide bonds. The number of anilines is 1. The van der Waals surface area contributed by atoms with E-state index in [1.807, 2.05) is 12.1 Å². The van der Waals surface area contributed by atoms with Gasteiger partial charge in [0, 0.05) is 41.1 Å². The molecule has 2 aliphatic rings. The van der Waals surface area contributed by atoms with E-state index in [9.17, 15) is 4.79 Å². The SMILES string of the molecule is COc1cc2c3c(c(NCCC(C)C)nc2cc1OCCCN1CCCC1)CC(C)(C)C3OC=O. The van der Waals surface area contributed by atoms with Crippen molar-refractivity contribution in [2.24, 2.45) is 11.3 Å². The molecule has 2 heterocycles. The highest BCUT2D eigenvalue weighted by atomic mass is 16.5. The van der Waals surface area contributed by atoms with Gasteiger partial charge >= 0.3 is 0 Å². The molecule has 1 aliphatic carbocycles. The molecule has 1 aromatic heterocycles. The van der Waals surface area contributed by atoms with Crippen LogP contribution in [0.2, 0.25) is 0 Å². The minimum atomic E-state index is -0.344. The first-order valence-corrected chi connectivity index (χ1v) is 13.1. The van der Waals surface area contributed by atoms with Crippen LogP contribution >= 0.6 is 0 Å². The number of likely N-dealkylation sites (tertiary alicyclic amines) is 1. The maximum Gasteiger partial charge on any atom is 0.293 e. The number of fused-ring (bicyclic) bond motifs is 3. The number of carbonyl (C=O) groups excluding carboxylic acids is 1. The molecule has 1 N–H and O–H groups in total. The average Bonchev–Trinajstić information content (AvgIpc) is 3.42. The average molecular weight is 484 g/mol. The summed E-state index contributed by atoms with van der Waals surface area (Å²) in [4.78, 5) is 19.0. The largest absolute Gasteiger partial charge is 0.493 e. The van der Waals surface area contributed by atoms with Gasteiger partial charge in [-0.3, -0.25) is 4.79 Å². The first-order valence-electron chi connectivity index (χ1n) is 13.1. The van der Waals surface area contributed by atoms with Crippen LogP contribution in [0.5, 0.6) is 11.5 Å². The zero-order valence-corrected chi connectivity index (χ0v) is 22.0. The van der Waals surface area contributed by atoms with Crippen LogP contribution in [0.25, 0.3) is 10.9 Å². The van der Waals surface area contributed by atoms with E-state index in [2.05, 4.69) is 37.9 Å². The summed E-state index contributed by atoms with van der Waals surface area (Å²) < 4.78 is 17.6. The quantitative estimate of drug-likeness (QED) is 0.322. The van der Waals surface area contributed by atoms with Crippen molar-refractivity contribution >= 4 is 23.2 Å². The van der Waals surface area contributed by atoms with Crippen molar-refractivity contribution in [2.75, 3.05) is 45.2 Å². The van der Waals surface area contributed by atoms with Gasteiger partial charge in [0.15, 0.2) is 11.5 Å². The van der Waals surface area contributed by atoms with Crippen LogP contribution in [0.3, 0.4) is 0 Å². The molecule has 2 aromatic rings. The van der Waals surface area contributed by atoms with Gasteiger partial charge in [-0.25, -0.2) is 4.98 Å². The smallest absolute Gasteiger partial charge is 0.293 e. The number of pyridine rings is 1. The summed E-state index contributed by atoms with van der Waals surface area (Å²) in [6.07, 6.45) is 5.07. The van der Waals surface area contributed by atoms with Crippen LogP contribution in [-0.2, 0) is 16.0 Å². The predicted molar refractivity (Wildman–Crippen MR) is 139 cm³/mol. The molecule has 0 saturated carbocycles. The third kappa shape index (κ3) is 5.66. The second-order valence-electron chi connectivity index (χ2n) is 11.0. The number of methoxy groups -OCH3 is 1. The molecular weight excluding hydrogens is 442 g/mol. The Bertz CT molecular complexity index is 1030. The molecule has 0 spiro atoms. The summed E-state index contributed by atoms with van der Waals surface area (Å²) >= 11 is 0. The Morgan fingerprint density at radius 2 is 2.00 bits per heavy atom. The molecule has 1 atom stereocenters. The predicted octanol–water partition coefficient (Wildman–Crippen LogP) is 5.36. The van der Waals surface area contributed by atoms with Crippen molar-refractivity contribution in [2.45, 2.75) is 65.9 Å². The Morgan fingerprint density at radius 1 is 1.23 bits per heavy atom. The van der Waals surface area contributed by atoms with Gasteiger partial charge in [0.1, 0.15) is 11.9 Å². The van der Waals surface area contributed by atoms with E-state index in [1.54, 1.807) is 7.11 Å². The van der Waals surface area contributed by atoms with Gasteiger partial charge in [-0.2, -0.15) is 0 Å². The second kappa shape index (κ2) is 11.0. The molecule has 7 heteroatoms. The zero-order valence-electron chi connectivity index (χ0n) is 22.0. The van der Waals surface area contributed by atoms with E-state index in [-0.39, 0.29) is 11.5 Å². The number of hydrogen-bond acceptors (Lipinski definition) is 7. The third-order valence-electron chi connectivity index (χ3n) is 7.30. The van der Waals surface area contributed by atoms with Crippen LogP contribution in [-0.4, -0.2) is 56.3 Å². The van der Waals surface area contributed by atoms with E-state index >= 15 is 0 Å². The highest BCUT2D eigenvalue weighted by Gasteiger charge is 2.44. The summed E-state index contributed by atoms with van der Waals surface area (Å²) in [5.41, 5.74) is 2.74. The Labute approximate surface area is 209 Å².